The molecule has 1 aromatic carbocycles. The number of amides is 1. The number of ether oxygens (including phenoxy) is 1. The lowest BCUT2D eigenvalue weighted by molar-refractivity contribution is -0.132. The van der Waals surface area contributed by atoms with Crippen LogP contribution in [-0.2, 0) is 17.8 Å². The van der Waals surface area contributed by atoms with Gasteiger partial charge in [-0.15, -0.1) is 0 Å². The second-order valence-electron chi connectivity index (χ2n) is 8.18. The van der Waals surface area contributed by atoms with Crippen LogP contribution in [0.1, 0.15) is 24.6 Å². The molecule has 2 aromatic heterocycles. The highest BCUT2D eigenvalue weighted by molar-refractivity contribution is 5.76. The molecule has 0 spiro atoms. The van der Waals surface area contributed by atoms with Crippen LogP contribution in [0.4, 0.5) is 10.3 Å². The predicted octanol–water partition coefficient (Wildman–Crippen LogP) is 3.10. The second kappa shape index (κ2) is 9.97. The van der Waals surface area contributed by atoms with Gasteiger partial charge in [0.25, 0.3) is 0 Å². The van der Waals surface area contributed by atoms with Gasteiger partial charge in [0.15, 0.2) is 5.75 Å². The van der Waals surface area contributed by atoms with Crippen molar-refractivity contribution in [2.45, 2.75) is 33.2 Å². The summed E-state index contributed by atoms with van der Waals surface area (Å²) in [5, 5.41) is 4.69. The molecule has 0 radical (unpaired) electrons. The van der Waals surface area contributed by atoms with Crippen LogP contribution in [0.25, 0.3) is 11.3 Å². The van der Waals surface area contributed by atoms with E-state index in [0.29, 0.717) is 43.4 Å². The molecule has 0 unspecified atom stereocenters. The summed E-state index contributed by atoms with van der Waals surface area (Å²) < 4.78 is 20.6. The molecule has 3 heterocycles. The lowest BCUT2D eigenvalue weighted by Gasteiger charge is -2.34. The summed E-state index contributed by atoms with van der Waals surface area (Å²) in [5.41, 5.74) is 3.20. The quantitative estimate of drug-likeness (QED) is 0.548. The Morgan fingerprint density at radius 1 is 1.12 bits per heavy atom. The summed E-state index contributed by atoms with van der Waals surface area (Å²) in [6.07, 6.45) is 5.06. The molecule has 0 bridgehead atoms. The van der Waals surface area contributed by atoms with Gasteiger partial charge in [-0.05, 0) is 43.2 Å². The van der Waals surface area contributed by atoms with Crippen molar-refractivity contribution in [3.63, 3.8) is 0 Å². The number of hydrogen-bond acceptors (Lipinski definition) is 6. The standard InChI is InChI=1S/C24H29FN6O2/c1-4-5-19-13-22(18-6-7-21(25)17(2)12-18)28-31(19)16-23(32)29-8-10-30(11-9-29)24-26-14-20(33-3)15-27-24/h6-7,12-15H,4-5,8-11,16H2,1-3H3. The highest BCUT2D eigenvalue weighted by Crippen LogP contribution is 2.23. The van der Waals surface area contributed by atoms with Crippen molar-refractivity contribution in [1.82, 2.24) is 24.6 Å². The average molecular weight is 453 g/mol. The third kappa shape index (κ3) is 5.13. The first-order chi connectivity index (χ1) is 16.0. The zero-order chi connectivity index (χ0) is 23.4. The minimum absolute atomic E-state index is 0.0348. The van der Waals surface area contributed by atoms with Gasteiger partial charge in [-0.1, -0.05) is 13.3 Å². The first-order valence-electron chi connectivity index (χ1n) is 11.2. The van der Waals surface area contributed by atoms with Crippen molar-refractivity contribution in [3.8, 4) is 17.0 Å². The first kappa shape index (κ1) is 22.7. The lowest BCUT2D eigenvalue weighted by Crippen LogP contribution is -2.50. The van der Waals surface area contributed by atoms with Gasteiger partial charge >= 0.3 is 0 Å². The maximum atomic E-state index is 13.7. The van der Waals surface area contributed by atoms with E-state index in [1.165, 1.54) is 6.07 Å². The summed E-state index contributed by atoms with van der Waals surface area (Å²) in [5.74, 6) is 1.05. The van der Waals surface area contributed by atoms with Crippen molar-refractivity contribution in [3.05, 3.63) is 53.7 Å². The summed E-state index contributed by atoms with van der Waals surface area (Å²) in [6.45, 7) is 6.56. The fourth-order valence-electron chi connectivity index (χ4n) is 3.96. The Balaban J connectivity index is 1.42. The van der Waals surface area contributed by atoms with Crippen LogP contribution in [-0.4, -0.2) is 63.8 Å². The number of rotatable bonds is 7. The number of halogens is 1. The molecule has 8 nitrogen and oxygen atoms in total. The zero-order valence-corrected chi connectivity index (χ0v) is 19.3. The molecular formula is C24H29FN6O2. The molecule has 0 aliphatic carbocycles. The summed E-state index contributed by atoms with van der Waals surface area (Å²) in [4.78, 5) is 25.6. The number of piperazine rings is 1. The van der Waals surface area contributed by atoms with Crippen molar-refractivity contribution in [1.29, 1.82) is 0 Å². The summed E-state index contributed by atoms with van der Waals surface area (Å²) in [7, 11) is 1.58. The number of aryl methyl sites for hydroxylation is 2. The largest absolute Gasteiger partial charge is 0.494 e. The normalized spacial score (nSPS) is 13.9. The Morgan fingerprint density at radius 3 is 2.48 bits per heavy atom. The molecule has 0 saturated carbocycles. The topological polar surface area (TPSA) is 76.4 Å². The van der Waals surface area contributed by atoms with Crippen LogP contribution in [0.3, 0.4) is 0 Å². The van der Waals surface area contributed by atoms with Gasteiger partial charge in [0.2, 0.25) is 11.9 Å². The van der Waals surface area contributed by atoms with Gasteiger partial charge in [0.05, 0.1) is 25.2 Å². The molecule has 9 heteroatoms. The molecule has 1 aliphatic heterocycles. The van der Waals surface area contributed by atoms with E-state index in [9.17, 15) is 9.18 Å². The highest BCUT2D eigenvalue weighted by Gasteiger charge is 2.24. The van der Waals surface area contributed by atoms with E-state index in [-0.39, 0.29) is 18.3 Å². The monoisotopic (exact) mass is 452 g/mol. The van der Waals surface area contributed by atoms with Gasteiger partial charge in [0, 0.05) is 37.4 Å². The van der Waals surface area contributed by atoms with Crippen LogP contribution in [0.15, 0.2) is 36.7 Å². The van der Waals surface area contributed by atoms with Crippen molar-refractivity contribution >= 4 is 11.9 Å². The van der Waals surface area contributed by atoms with Gasteiger partial charge < -0.3 is 14.5 Å². The fourth-order valence-corrected chi connectivity index (χ4v) is 3.96. The second-order valence-corrected chi connectivity index (χ2v) is 8.18. The van der Waals surface area contributed by atoms with E-state index < -0.39 is 0 Å². The van der Waals surface area contributed by atoms with Crippen molar-refractivity contribution in [2.24, 2.45) is 0 Å². The molecule has 1 saturated heterocycles. The van der Waals surface area contributed by atoms with Crippen LogP contribution >= 0.6 is 0 Å². The van der Waals surface area contributed by atoms with Crippen LogP contribution < -0.4 is 9.64 Å². The fraction of sp³-hybridized carbons (Fsp3) is 0.417. The minimum atomic E-state index is -0.235. The third-order valence-electron chi connectivity index (χ3n) is 5.87. The number of anilines is 1. The molecule has 0 N–H and O–H groups in total. The number of benzene rings is 1. The maximum absolute atomic E-state index is 13.7. The first-order valence-corrected chi connectivity index (χ1v) is 11.2. The van der Waals surface area contributed by atoms with Crippen LogP contribution in [0.2, 0.25) is 0 Å². The van der Waals surface area contributed by atoms with Gasteiger partial charge in [-0.25, -0.2) is 14.4 Å². The minimum Gasteiger partial charge on any atom is -0.494 e. The van der Waals surface area contributed by atoms with Crippen molar-refractivity contribution in [2.75, 3.05) is 38.2 Å². The summed E-state index contributed by atoms with van der Waals surface area (Å²) >= 11 is 0. The molecule has 174 valence electrons. The SMILES string of the molecule is CCCc1cc(-c2ccc(F)c(C)c2)nn1CC(=O)N1CCN(c2ncc(OC)cn2)CC1. The van der Waals surface area contributed by atoms with Gasteiger partial charge in [0.1, 0.15) is 12.4 Å². The Hall–Kier alpha value is -3.49. The number of aromatic nitrogens is 4. The molecule has 1 fully saturated rings. The number of nitrogens with zero attached hydrogens (tertiary/aromatic N) is 6. The highest BCUT2D eigenvalue weighted by atomic mass is 19.1. The van der Waals surface area contributed by atoms with Crippen molar-refractivity contribution < 1.29 is 13.9 Å². The number of carbonyl (C=O) groups is 1. The molecule has 1 amide bonds. The number of hydrogen-bond donors (Lipinski definition) is 0. The van der Waals surface area contributed by atoms with Crippen LogP contribution in [0.5, 0.6) is 5.75 Å². The Morgan fingerprint density at radius 2 is 1.85 bits per heavy atom. The zero-order valence-electron chi connectivity index (χ0n) is 19.3. The molecule has 33 heavy (non-hydrogen) atoms. The maximum Gasteiger partial charge on any atom is 0.244 e. The van der Waals surface area contributed by atoms with Gasteiger partial charge in [-0.2, -0.15) is 5.10 Å². The van der Waals surface area contributed by atoms with Gasteiger partial charge in [-0.3, -0.25) is 9.48 Å². The number of methoxy groups -OCH3 is 1. The lowest BCUT2D eigenvalue weighted by atomic mass is 10.1. The molecule has 1 aliphatic rings. The number of carbonyl (C=O) groups excluding carboxylic acids is 1. The van der Waals surface area contributed by atoms with E-state index in [4.69, 9.17) is 4.74 Å². The summed E-state index contributed by atoms with van der Waals surface area (Å²) in [6, 6.07) is 6.98. The Labute approximate surface area is 193 Å². The molecule has 3 aromatic rings. The van der Waals surface area contributed by atoms with E-state index in [0.717, 1.165) is 29.8 Å². The smallest absolute Gasteiger partial charge is 0.244 e. The molecular weight excluding hydrogens is 423 g/mol. The third-order valence-corrected chi connectivity index (χ3v) is 5.87. The Kier molecular flexibility index (Phi) is 6.86. The Bertz CT molecular complexity index is 1110. The van der Waals surface area contributed by atoms with E-state index in [1.807, 2.05) is 11.0 Å². The van der Waals surface area contributed by atoms with Crippen LogP contribution in [0, 0.1) is 12.7 Å². The predicted molar refractivity (Wildman–Crippen MR) is 124 cm³/mol. The molecule has 4 rings (SSSR count). The van der Waals surface area contributed by atoms with E-state index in [2.05, 4.69) is 26.9 Å². The van der Waals surface area contributed by atoms with E-state index in [1.54, 1.807) is 43.2 Å². The average Bonchev–Trinajstić information content (AvgIpc) is 3.23. The molecule has 0 atom stereocenters. The van der Waals surface area contributed by atoms with E-state index >= 15 is 0 Å².